The lowest BCUT2D eigenvalue weighted by Gasteiger charge is -2.31. The fourth-order valence-corrected chi connectivity index (χ4v) is 11.6. The molecule has 0 saturated heterocycles. The van der Waals surface area contributed by atoms with E-state index >= 15 is 0 Å². The first-order valence-electron chi connectivity index (χ1n) is 26.7. The van der Waals surface area contributed by atoms with Crippen LogP contribution in [0.1, 0.15) is 58.2 Å². The Morgan fingerprint density at radius 2 is 0.934 bits per heavy atom. The first-order chi connectivity index (χ1) is 36.9. The lowest BCUT2D eigenvalue weighted by molar-refractivity contribution is 0.569. The van der Waals surface area contributed by atoms with Crippen LogP contribution in [0.2, 0.25) is 0 Å². The van der Waals surface area contributed by atoms with Gasteiger partial charge in [-0.2, -0.15) is 0 Å². The van der Waals surface area contributed by atoms with Crippen molar-refractivity contribution in [3.63, 3.8) is 0 Å². The molecule has 0 aliphatic heterocycles. The molecule has 0 atom stereocenters. The summed E-state index contributed by atoms with van der Waals surface area (Å²) in [6.45, 7) is 16.1. The van der Waals surface area contributed by atoms with Crippen LogP contribution in [-0.4, -0.2) is 4.57 Å². The highest BCUT2D eigenvalue weighted by atomic mass is 16.3. The minimum Gasteiger partial charge on any atom is -0.456 e. The number of para-hydroxylation sites is 5. The van der Waals surface area contributed by atoms with E-state index in [-0.39, 0.29) is 10.8 Å². The second kappa shape index (κ2) is 18.2. The fourth-order valence-electron chi connectivity index (χ4n) is 11.6. The Labute approximate surface area is 445 Å². The lowest BCUT2D eigenvalue weighted by atomic mass is 9.78. The van der Waals surface area contributed by atoms with Crippen LogP contribution in [0.25, 0.3) is 105 Å². The average molecular weight is 981 g/mol. The summed E-state index contributed by atoms with van der Waals surface area (Å²) in [6.07, 6.45) is 0. The molecule has 13 rings (SSSR count). The van der Waals surface area contributed by atoms with Crippen molar-refractivity contribution in [2.45, 2.75) is 59.3 Å². The van der Waals surface area contributed by atoms with Gasteiger partial charge >= 0.3 is 0 Å². The Morgan fingerprint density at radius 3 is 1.66 bits per heavy atom. The number of nitrogens with zero attached hydrogens (tertiary/aromatic N) is 2. The Balaban J connectivity index is 1.07. The highest BCUT2D eigenvalue weighted by molar-refractivity contribution is 6.15. The number of aryl methyl sites for hydroxylation is 1. The molecule has 3 nitrogen and oxygen atoms in total. The molecule has 0 unspecified atom stereocenters. The molecule has 0 spiro atoms. The van der Waals surface area contributed by atoms with Crippen molar-refractivity contribution >= 4 is 71.6 Å². The van der Waals surface area contributed by atoms with E-state index in [9.17, 15) is 0 Å². The van der Waals surface area contributed by atoms with Crippen LogP contribution in [0.5, 0.6) is 0 Å². The monoisotopic (exact) mass is 980 g/mol. The molecule has 0 saturated carbocycles. The topological polar surface area (TPSA) is 21.3 Å². The number of furan rings is 1. The smallest absolute Gasteiger partial charge is 0.136 e. The molecule has 11 aromatic carbocycles. The number of fused-ring (bicyclic) bond motifs is 7. The highest BCUT2D eigenvalue weighted by Crippen LogP contribution is 2.50. The molecule has 0 amide bonds. The number of rotatable bonds is 8. The van der Waals surface area contributed by atoms with Gasteiger partial charge in [-0.1, -0.05) is 223 Å². The van der Waals surface area contributed by atoms with Crippen molar-refractivity contribution in [1.82, 2.24) is 4.57 Å². The Morgan fingerprint density at radius 1 is 0.382 bits per heavy atom. The summed E-state index contributed by atoms with van der Waals surface area (Å²) in [6, 6.07) is 87.5. The van der Waals surface area contributed by atoms with Gasteiger partial charge in [0.2, 0.25) is 0 Å². The Hall–Kier alpha value is -8.92. The highest BCUT2D eigenvalue weighted by Gasteiger charge is 2.26. The number of hydrogen-bond donors (Lipinski definition) is 0. The van der Waals surface area contributed by atoms with Gasteiger partial charge in [-0.25, -0.2) is 0 Å². The molecule has 2 aromatic heterocycles. The molecular weight excluding hydrogens is 921 g/mol. The molecule has 3 heteroatoms. The standard InChI is InChI=1S/C73H60N2O/c1-47-36-39-54(40-37-47)75-67-34-14-10-26-59(67)64-31-19-30-63(71(64)75)58-25-9-13-33-66(58)74(55-23-16-22-49(44-55)50-38-41-61-60-27-11-15-35-68(60)76-69(61)45-50)65-32-12-8-24-57(65)62-29-18-21-48-20-17-28-56(70(48)62)51-42-52(72(2,3)4)46-53(43-51)73(5,6)7/h8-46H,1-7H3. The maximum absolute atomic E-state index is 6.47. The zero-order valence-electron chi connectivity index (χ0n) is 44.3. The van der Waals surface area contributed by atoms with Crippen molar-refractivity contribution in [3.8, 4) is 50.2 Å². The molecule has 0 aliphatic rings. The molecule has 0 fully saturated rings. The quantitative estimate of drug-likeness (QED) is 0.151. The number of hydrogen-bond acceptors (Lipinski definition) is 2. The molecule has 13 aromatic rings. The maximum atomic E-state index is 6.47. The number of aromatic nitrogens is 1. The largest absolute Gasteiger partial charge is 0.456 e. The number of benzene rings is 11. The van der Waals surface area contributed by atoms with Gasteiger partial charge in [0.05, 0.1) is 22.4 Å². The van der Waals surface area contributed by atoms with Crippen LogP contribution in [0.4, 0.5) is 17.1 Å². The Bertz CT molecular complexity index is 4340. The van der Waals surface area contributed by atoms with Crippen molar-refractivity contribution in [2.75, 3.05) is 4.90 Å². The summed E-state index contributed by atoms with van der Waals surface area (Å²) >= 11 is 0. The second-order valence-corrected chi connectivity index (χ2v) is 22.6. The molecule has 2 heterocycles. The molecule has 0 N–H and O–H groups in total. The van der Waals surface area contributed by atoms with Crippen LogP contribution >= 0.6 is 0 Å². The van der Waals surface area contributed by atoms with Gasteiger partial charge in [0, 0.05) is 49.6 Å². The van der Waals surface area contributed by atoms with Crippen LogP contribution < -0.4 is 4.90 Å². The van der Waals surface area contributed by atoms with E-state index in [1.807, 2.05) is 12.1 Å². The summed E-state index contributed by atoms with van der Waals surface area (Å²) in [7, 11) is 0. The van der Waals surface area contributed by atoms with E-state index in [2.05, 4.69) is 282 Å². The molecule has 0 bridgehead atoms. The van der Waals surface area contributed by atoms with Gasteiger partial charge in [0.15, 0.2) is 0 Å². The normalized spacial score (nSPS) is 12.1. The first kappa shape index (κ1) is 46.8. The van der Waals surface area contributed by atoms with E-state index in [1.54, 1.807) is 0 Å². The Kier molecular flexibility index (Phi) is 11.2. The summed E-state index contributed by atoms with van der Waals surface area (Å²) in [5, 5.41) is 7.12. The van der Waals surface area contributed by atoms with Crippen molar-refractivity contribution in [1.29, 1.82) is 0 Å². The third kappa shape index (κ3) is 8.06. The lowest BCUT2D eigenvalue weighted by Crippen LogP contribution is -2.16. The van der Waals surface area contributed by atoms with Gasteiger partial charge in [0.25, 0.3) is 0 Å². The summed E-state index contributed by atoms with van der Waals surface area (Å²) < 4.78 is 8.93. The second-order valence-electron chi connectivity index (χ2n) is 22.6. The molecule has 0 radical (unpaired) electrons. The van der Waals surface area contributed by atoms with Gasteiger partial charge in [-0.05, 0) is 128 Å². The minimum absolute atomic E-state index is 0.0326. The first-order valence-corrected chi connectivity index (χ1v) is 26.7. The minimum atomic E-state index is -0.0326. The van der Waals surface area contributed by atoms with Gasteiger partial charge < -0.3 is 13.9 Å². The predicted octanol–water partition coefficient (Wildman–Crippen LogP) is 20.9. The van der Waals surface area contributed by atoms with Crippen molar-refractivity contribution in [3.05, 3.63) is 253 Å². The van der Waals surface area contributed by atoms with Crippen LogP contribution in [-0.2, 0) is 10.8 Å². The van der Waals surface area contributed by atoms with Gasteiger partial charge in [-0.15, -0.1) is 0 Å². The summed E-state index contributed by atoms with van der Waals surface area (Å²) in [5.41, 5.74) is 21.5. The van der Waals surface area contributed by atoms with Gasteiger partial charge in [-0.3, -0.25) is 0 Å². The molecule has 76 heavy (non-hydrogen) atoms. The van der Waals surface area contributed by atoms with Crippen molar-refractivity contribution < 1.29 is 4.42 Å². The zero-order chi connectivity index (χ0) is 51.9. The van der Waals surface area contributed by atoms with Gasteiger partial charge in [0.1, 0.15) is 11.2 Å². The predicted molar refractivity (Wildman–Crippen MR) is 324 cm³/mol. The maximum Gasteiger partial charge on any atom is 0.136 e. The molecular formula is C73H60N2O. The number of anilines is 3. The van der Waals surface area contributed by atoms with E-state index in [1.165, 1.54) is 66.0 Å². The summed E-state index contributed by atoms with van der Waals surface area (Å²) in [4.78, 5) is 2.50. The average Bonchev–Trinajstić information content (AvgIpc) is 4.09. The third-order valence-electron chi connectivity index (χ3n) is 15.6. The third-order valence-corrected chi connectivity index (χ3v) is 15.6. The fraction of sp³-hybridized carbons (Fsp3) is 0.123. The van der Waals surface area contributed by atoms with E-state index in [4.69, 9.17) is 4.42 Å². The van der Waals surface area contributed by atoms with Crippen LogP contribution in [0.3, 0.4) is 0 Å². The van der Waals surface area contributed by atoms with E-state index in [0.29, 0.717) is 0 Å². The zero-order valence-corrected chi connectivity index (χ0v) is 44.3. The van der Waals surface area contributed by atoms with Crippen LogP contribution in [0, 0.1) is 6.92 Å². The van der Waals surface area contributed by atoms with Crippen LogP contribution in [0.15, 0.2) is 241 Å². The summed E-state index contributed by atoms with van der Waals surface area (Å²) in [5.74, 6) is 0. The molecule has 0 aliphatic carbocycles. The van der Waals surface area contributed by atoms with Crippen molar-refractivity contribution in [2.24, 2.45) is 0 Å². The molecule has 368 valence electrons. The van der Waals surface area contributed by atoms with E-state index in [0.717, 1.165) is 72.5 Å². The SMILES string of the molecule is Cc1ccc(-n2c3ccccc3c3cccc(-c4ccccc4N(c4cccc(-c5ccc6c(c5)oc5ccccc56)c4)c4ccccc4-c4cccc5cccc(-c6cc(C(C)(C)C)cc(C(C)(C)C)c6)c45)c32)cc1. The van der Waals surface area contributed by atoms with E-state index < -0.39 is 0 Å².